The first-order chi connectivity index (χ1) is 8.79. The summed E-state index contributed by atoms with van der Waals surface area (Å²) in [6, 6.07) is 10.5. The Kier molecular flexibility index (Phi) is 4.59. The van der Waals surface area contributed by atoms with Gasteiger partial charge in [0.05, 0.1) is 0 Å². The Balaban J connectivity index is 1.80. The number of nitrogens with zero attached hydrogens (tertiary/aromatic N) is 1. The van der Waals surface area contributed by atoms with E-state index in [9.17, 15) is 4.79 Å². The second-order valence-electron chi connectivity index (χ2n) is 4.66. The molecule has 0 aromatic heterocycles. The van der Waals surface area contributed by atoms with Gasteiger partial charge in [0, 0.05) is 37.8 Å². The average Bonchev–Trinajstić information content (AvgIpc) is 2.86. The third kappa shape index (κ3) is 3.47. The highest BCUT2D eigenvalue weighted by atomic mass is 16.3. The molecule has 1 aliphatic heterocycles. The number of hydrogen-bond acceptors (Lipinski definition) is 3. The van der Waals surface area contributed by atoms with Gasteiger partial charge in [-0.25, -0.2) is 0 Å². The van der Waals surface area contributed by atoms with E-state index in [-0.39, 0.29) is 18.6 Å². The van der Waals surface area contributed by atoms with Gasteiger partial charge >= 0.3 is 0 Å². The van der Waals surface area contributed by atoms with Gasteiger partial charge < -0.3 is 15.3 Å². The molecule has 0 spiro atoms. The van der Waals surface area contributed by atoms with Crippen molar-refractivity contribution >= 4 is 11.6 Å². The molecule has 1 aromatic carbocycles. The summed E-state index contributed by atoms with van der Waals surface area (Å²) in [4.78, 5) is 13.8. The van der Waals surface area contributed by atoms with E-state index in [2.05, 4.69) is 22.3 Å². The highest BCUT2D eigenvalue weighted by molar-refractivity contribution is 5.76. The lowest BCUT2D eigenvalue weighted by Crippen LogP contribution is -2.37. The molecule has 1 fully saturated rings. The maximum Gasteiger partial charge on any atom is 0.220 e. The van der Waals surface area contributed by atoms with Crippen LogP contribution in [0.15, 0.2) is 30.3 Å². The van der Waals surface area contributed by atoms with Crippen molar-refractivity contribution in [2.45, 2.75) is 25.3 Å². The molecule has 98 valence electrons. The maximum atomic E-state index is 11.6. The standard InChI is InChI=1S/C14H20N2O2/c17-10-4-7-14(18)15-12-8-9-16(11-12)13-5-2-1-3-6-13/h1-3,5-6,12,17H,4,7-11H2,(H,15,18). The molecule has 1 aliphatic rings. The molecule has 4 nitrogen and oxygen atoms in total. The van der Waals surface area contributed by atoms with Crippen LogP contribution in [0.25, 0.3) is 0 Å². The summed E-state index contributed by atoms with van der Waals surface area (Å²) in [6.45, 7) is 1.93. The van der Waals surface area contributed by atoms with Gasteiger partial charge in [-0.3, -0.25) is 4.79 Å². The van der Waals surface area contributed by atoms with Crippen LogP contribution in [0.4, 0.5) is 5.69 Å². The van der Waals surface area contributed by atoms with Crippen LogP contribution >= 0.6 is 0 Å². The topological polar surface area (TPSA) is 52.6 Å². The van der Waals surface area contributed by atoms with Crippen molar-refractivity contribution in [1.82, 2.24) is 5.32 Å². The molecule has 2 N–H and O–H groups in total. The molecule has 0 bridgehead atoms. The summed E-state index contributed by atoms with van der Waals surface area (Å²) in [6.07, 6.45) is 1.94. The number of anilines is 1. The number of carbonyl (C=O) groups is 1. The van der Waals surface area contributed by atoms with Crippen molar-refractivity contribution in [1.29, 1.82) is 0 Å². The first-order valence-corrected chi connectivity index (χ1v) is 6.50. The van der Waals surface area contributed by atoms with Gasteiger partial charge in [-0.15, -0.1) is 0 Å². The summed E-state index contributed by atoms with van der Waals surface area (Å²) >= 11 is 0. The molecule has 1 amide bonds. The average molecular weight is 248 g/mol. The van der Waals surface area contributed by atoms with Crippen molar-refractivity contribution in [2.75, 3.05) is 24.6 Å². The Morgan fingerprint density at radius 2 is 2.17 bits per heavy atom. The van der Waals surface area contributed by atoms with Crippen molar-refractivity contribution < 1.29 is 9.90 Å². The fourth-order valence-electron chi connectivity index (χ4n) is 2.29. The molecule has 2 rings (SSSR count). The van der Waals surface area contributed by atoms with E-state index in [1.165, 1.54) is 5.69 Å². The van der Waals surface area contributed by atoms with Crippen molar-refractivity contribution in [2.24, 2.45) is 0 Å². The number of hydrogen-bond donors (Lipinski definition) is 2. The SMILES string of the molecule is O=C(CCCO)NC1CCN(c2ccccc2)C1. The quantitative estimate of drug-likeness (QED) is 0.822. The van der Waals surface area contributed by atoms with Gasteiger partial charge in [0.2, 0.25) is 5.91 Å². The van der Waals surface area contributed by atoms with Gasteiger partial charge in [-0.05, 0) is 25.0 Å². The van der Waals surface area contributed by atoms with E-state index in [0.717, 1.165) is 19.5 Å². The minimum Gasteiger partial charge on any atom is -0.396 e. The van der Waals surface area contributed by atoms with Crippen LogP contribution < -0.4 is 10.2 Å². The van der Waals surface area contributed by atoms with Crippen LogP contribution in [0.3, 0.4) is 0 Å². The van der Waals surface area contributed by atoms with Crippen LogP contribution in [0, 0.1) is 0 Å². The lowest BCUT2D eigenvalue weighted by atomic mass is 10.2. The highest BCUT2D eigenvalue weighted by Gasteiger charge is 2.23. The Bertz CT molecular complexity index is 381. The number of nitrogens with one attached hydrogen (secondary N) is 1. The third-order valence-electron chi connectivity index (χ3n) is 3.24. The minimum absolute atomic E-state index is 0.0453. The number of aliphatic hydroxyl groups excluding tert-OH is 1. The van der Waals surface area contributed by atoms with Crippen LogP contribution in [-0.4, -0.2) is 36.8 Å². The van der Waals surface area contributed by atoms with Crippen LogP contribution in [-0.2, 0) is 4.79 Å². The molecule has 1 unspecified atom stereocenters. The molecule has 1 atom stereocenters. The summed E-state index contributed by atoms with van der Waals surface area (Å²) in [7, 11) is 0. The smallest absolute Gasteiger partial charge is 0.220 e. The molecule has 0 aliphatic carbocycles. The third-order valence-corrected chi connectivity index (χ3v) is 3.24. The number of carbonyl (C=O) groups excluding carboxylic acids is 1. The predicted molar refractivity (Wildman–Crippen MR) is 71.5 cm³/mol. The van der Waals surface area contributed by atoms with E-state index in [0.29, 0.717) is 12.8 Å². The monoisotopic (exact) mass is 248 g/mol. The summed E-state index contributed by atoms with van der Waals surface area (Å²) in [5, 5.41) is 11.7. The van der Waals surface area contributed by atoms with E-state index in [1.54, 1.807) is 0 Å². The zero-order chi connectivity index (χ0) is 12.8. The summed E-state index contributed by atoms with van der Waals surface area (Å²) < 4.78 is 0. The zero-order valence-electron chi connectivity index (χ0n) is 10.5. The van der Waals surface area contributed by atoms with Crippen molar-refractivity contribution in [3.63, 3.8) is 0 Å². The molecular weight excluding hydrogens is 228 g/mol. The van der Waals surface area contributed by atoms with E-state index in [1.807, 2.05) is 18.2 Å². The Morgan fingerprint density at radius 1 is 1.39 bits per heavy atom. The lowest BCUT2D eigenvalue weighted by Gasteiger charge is -2.18. The first kappa shape index (κ1) is 12.9. The lowest BCUT2D eigenvalue weighted by molar-refractivity contribution is -0.121. The largest absolute Gasteiger partial charge is 0.396 e. The molecule has 1 aromatic rings. The Labute approximate surface area is 108 Å². The number of amides is 1. The highest BCUT2D eigenvalue weighted by Crippen LogP contribution is 2.19. The van der Waals surface area contributed by atoms with Gasteiger partial charge in [0.25, 0.3) is 0 Å². The fourth-order valence-corrected chi connectivity index (χ4v) is 2.29. The first-order valence-electron chi connectivity index (χ1n) is 6.50. The van der Waals surface area contributed by atoms with Crippen LogP contribution in [0.1, 0.15) is 19.3 Å². The summed E-state index contributed by atoms with van der Waals surface area (Å²) in [5.74, 6) is 0.0453. The van der Waals surface area contributed by atoms with Crippen LogP contribution in [0.2, 0.25) is 0 Å². The summed E-state index contributed by atoms with van der Waals surface area (Å²) in [5.41, 5.74) is 1.21. The molecule has 1 saturated heterocycles. The van der Waals surface area contributed by atoms with E-state index in [4.69, 9.17) is 5.11 Å². The van der Waals surface area contributed by atoms with E-state index >= 15 is 0 Å². The van der Waals surface area contributed by atoms with Gasteiger partial charge in [0.15, 0.2) is 0 Å². The Hall–Kier alpha value is -1.55. The van der Waals surface area contributed by atoms with Gasteiger partial charge in [-0.2, -0.15) is 0 Å². The van der Waals surface area contributed by atoms with Crippen LogP contribution in [0.5, 0.6) is 0 Å². The number of aliphatic hydroxyl groups is 1. The molecular formula is C14H20N2O2. The number of para-hydroxylation sites is 1. The fraction of sp³-hybridized carbons (Fsp3) is 0.500. The molecule has 1 heterocycles. The number of rotatable bonds is 5. The molecule has 18 heavy (non-hydrogen) atoms. The molecule has 0 saturated carbocycles. The number of benzene rings is 1. The second-order valence-corrected chi connectivity index (χ2v) is 4.66. The minimum atomic E-state index is 0.0453. The maximum absolute atomic E-state index is 11.6. The van der Waals surface area contributed by atoms with Crippen molar-refractivity contribution in [3.05, 3.63) is 30.3 Å². The zero-order valence-corrected chi connectivity index (χ0v) is 10.5. The van der Waals surface area contributed by atoms with Gasteiger partial charge in [0.1, 0.15) is 0 Å². The molecule has 4 heteroatoms. The Morgan fingerprint density at radius 3 is 2.89 bits per heavy atom. The van der Waals surface area contributed by atoms with Crippen molar-refractivity contribution in [3.8, 4) is 0 Å². The normalized spacial score (nSPS) is 18.9. The second kappa shape index (κ2) is 6.40. The van der Waals surface area contributed by atoms with Gasteiger partial charge in [-0.1, -0.05) is 18.2 Å². The van der Waals surface area contributed by atoms with E-state index < -0.39 is 0 Å². The molecule has 0 radical (unpaired) electrons. The predicted octanol–water partition coefficient (Wildman–Crippen LogP) is 1.15.